The van der Waals surface area contributed by atoms with E-state index in [1.807, 2.05) is 11.4 Å². The monoisotopic (exact) mass is 285 g/mol. The van der Waals surface area contributed by atoms with Crippen LogP contribution < -0.4 is 5.73 Å². The maximum absolute atomic E-state index is 6.44. The second-order valence-electron chi connectivity index (χ2n) is 5.65. The molecule has 2 fully saturated rings. The average Bonchev–Trinajstić information content (AvgIpc) is 2.98. The number of hydrogen-bond donors (Lipinski definition) is 1. The summed E-state index contributed by atoms with van der Waals surface area (Å²) in [6.45, 7) is 0.862. The quantitative estimate of drug-likeness (QED) is 0.886. The Labute approximate surface area is 117 Å². The molecule has 1 aliphatic heterocycles. The highest BCUT2D eigenvalue weighted by Gasteiger charge is 2.41. The third kappa shape index (κ3) is 2.34. The van der Waals surface area contributed by atoms with Crippen molar-refractivity contribution in [2.45, 2.75) is 50.2 Å². The lowest BCUT2D eigenvalue weighted by Gasteiger charge is -2.40. The molecule has 1 aromatic heterocycles. The summed E-state index contributed by atoms with van der Waals surface area (Å²) in [4.78, 5) is 1.15. The number of nitrogens with two attached hydrogens (primary N) is 1. The Morgan fingerprint density at radius 1 is 1.44 bits per heavy atom. The molecule has 2 atom stereocenters. The number of hydrogen-bond acceptors (Lipinski definition) is 3. The Morgan fingerprint density at radius 3 is 2.89 bits per heavy atom. The van der Waals surface area contributed by atoms with E-state index in [1.54, 1.807) is 11.3 Å². The van der Waals surface area contributed by atoms with E-state index in [9.17, 15) is 0 Å². The molecule has 2 nitrogen and oxygen atoms in total. The SMILES string of the molecule is NC(c1sccc1Cl)C1CCOC2(CCCC2)C1. The summed E-state index contributed by atoms with van der Waals surface area (Å²) >= 11 is 7.89. The Hall–Kier alpha value is -0.0900. The van der Waals surface area contributed by atoms with Crippen molar-refractivity contribution in [3.05, 3.63) is 21.3 Å². The van der Waals surface area contributed by atoms with E-state index in [-0.39, 0.29) is 11.6 Å². The predicted molar refractivity (Wildman–Crippen MR) is 76.1 cm³/mol. The molecule has 1 saturated carbocycles. The van der Waals surface area contributed by atoms with Crippen LogP contribution in [0.25, 0.3) is 0 Å². The smallest absolute Gasteiger partial charge is 0.0686 e. The minimum Gasteiger partial charge on any atom is -0.375 e. The van der Waals surface area contributed by atoms with E-state index in [2.05, 4.69) is 0 Å². The minimum atomic E-state index is 0.0823. The molecule has 4 heteroatoms. The highest BCUT2D eigenvalue weighted by molar-refractivity contribution is 7.10. The van der Waals surface area contributed by atoms with Gasteiger partial charge in [-0.05, 0) is 43.0 Å². The molecule has 1 aromatic rings. The molecule has 2 unspecified atom stereocenters. The Bertz CT molecular complexity index is 414. The molecule has 0 amide bonds. The molecule has 2 heterocycles. The van der Waals surface area contributed by atoms with Crippen molar-refractivity contribution in [1.82, 2.24) is 0 Å². The van der Waals surface area contributed by atoms with Gasteiger partial charge in [0.2, 0.25) is 0 Å². The molecule has 1 aliphatic carbocycles. The second kappa shape index (κ2) is 5.12. The Morgan fingerprint density at radius 2 is 2.22 bits per heavy atom. The van der Waals surface area contributed by atoms with E-state index in [0.717, 1.165) is 29.3 Å². The van der Waals surface area contributed by atoms with E-state index in [1.165, 1.54) is 25.7 Å². The summed E-state index contributed by atoms with van der Waals surface area (Å²) in [5.74, 6) is 0.521. The van der Waals surface area contributed by atoms with Crippen LogP contribution in [0, 0.1) is 5.92 Å². The second-order valence-corrected chi connectivity index (χ2v) is 7.00. The third-order valence-electron chi connectivity index (χ3n) is 4.50. The lowest BCUT2D eigenvalue weighted by Crippen LogP contribution is -2.40. The summed E-state index contributed by atoms with van der Waals surface area (Å²) in [7, 11) is 0. The van der Waals surface area contributed by atoms with Crippen molar-refractivity contribution >= 4 is 22.9 Å². The number of thiophene rings is 1. The first-order valence-corrected chi connectivity index (χ1v) is 8.08. The maximum Gasteiger partial charge on any atom is 0.0686 e. The molecule has 3 rings (SSSR count). The first kappa shape index (κ1) is 12.9. The van der Waals surface area contributed by atoms with Gasteiger partial charge in [0.15, 0.2) is 0 Å². The largest absolute Gasteiger partial charge is 0.375 e. The van der Waals surface area contributed by atoms with E-state index in [0.29, 0.717) is 5.92 Å². The van der Waals surface area contributed by atoms with Gasteiger partial charge in [0.05, 0.1) is 10.6 Å². The standard InChI is InChI=1S/C14H20ClNOS/c15-11-4-8-18-13(11)12(16)10-3-7-17-14(9-10)5-1-2-6-14/h4,8,10,12H,1-3,5-7,9,16H2. The van der Waals surface area contributed by atoms with Crippen LogP contribution in [0.3, 0.4) is 0 Å². The van der Waals surface area contributed by atoms with Crippen LogP contribution in [0.5, 0.6) is 0 Å². The normalized spacial score (nSPS) is 28.7. The molecule has 0 aromatic carbocycles. The topological polar surface area (TPSA) is 35.2 Å². The molecule has 0 radical (unpaired) electrons. The molecule has 1 saturated heterocycles. The minimum absolute atomic E-state index is 0.0823. The van der Waals surface area contributed by atoms with Crippen molar-refractivity contribution in [2.24, 2.45) is 11.7 Å². The van der Waals surface area contributed by atoms with Crippen molar-refractivity contribution in [2.75, 3.05) is 6.61 Å². The number of halogens is 1. The maximum atomic E-state index is 6.44. The van der Waals surface area contributed by atoms with Gasteiger partial charge in [-0.1, -0.05) is 24.4 Å². The predicted octanol–water partition coefficient (Wildman–Crippen LogP) is 4.14. The van der Waals surface area contributed by atoms with Crippen LogP contribution in [0.15, 0.2) is 11.4 Å². The van der Waals surface area contributed by atoms with Crippen LogP contribution in [-0.4, -0.2) is 12.2 Å². The lowest BCUT2D eigenvalue weighted by molar-refractivity contribution is -0.0962. The van der Waals surface area contributed by atoms with Crippen LogP contribution in [-0.2, 0) is 4.74 Å². The Kier molecular flexibility index (Phi) is 3.68. The summed E-state index contributed by atoms with van der Waals surface area (Å²) in [5, 5.41) is 2.86. The number of rotatable bonds is 2. The van der Waals surface area contributed by atoms with Gasteiger partial charge in [-0.25, -0.2) is 0 Å². The third-order valence-corrected chi connectivity index (χ3v) is 5.96. The molecule has 100 valence electrons. The van der Waals surface area contributed by atoms with Crippen molar-refractivity contribution in [3.63, 3.8) is 0 Å². The van der Waals surface area contributed by atoms with Gasteiger partial charge >= 0.3 is 0 Å². The van der Waals surface area contributed by atoms with Gasteiger partial charge in [-0.3, -0.25) is 0 Å². The summed E-state index contributed by atoms with van der Waals surface area (Å²) < 4.78 is 6.07. The van der Waals surface area contributed by atoms with Crippen LogP contribution in [0.2, 0.25) is 5.02 Å². The zero-order valence-electron chi connectivity index (χ0n) is 10.5. The summed E-state index contributed by atoms with van der Waals surface area (Å²) in [6.07, 6.45) is 7.23. The van der Waals surface area contributed by atoms with Gasteiger partial charge < -0.3 is 10.5 Å². The van der Waals surface area contributed by atoms with Crippen LogP contribution in [0.1, 0.15) is 49.4 Å². The first-order valence-electron chi connectivity index (χ1n) is 6.83. The highest BCUT2D eigenvalue weighted by Crippen LogP contribution is 2.46. The molecular formula is C14H20ClNOS. The Balaban J connectivity index is 1.74. The van der Waals surface area contributed by atoms with Gasteiger partial charge in [0.25, 0.3) is 0 Å². The summed E-state index contributed by atoms with van der Waals surface area (Å²) in [5.41, 5.74) is 6.58. The molecule has 0 bridgehead atoms. The van der Waals surface area contributed by atoms with Gasteiger partial charge in [0, 0.05) is 17.5 Å². The van der Waals surface area contributed by atoms with Crippen molar-refractivity contribution in [1.29, 1.82) is 0 Å². The van der Waals surface area contributed by atoms with Crippen LogP contribution in [0.4, 0.5) is 0 Å². The average molecular weight is 286 g/mol. The fourth-order valence-electron chi connectivity index (χ4n) is 3.50. The molecule has 2 N–H and O–H groups in total. The van der Waals surface area contributed by atoms with E-state index >= 15 is 0 Å². The van der Waals surface area contributed by atoms with Gasteiger partial charge in [0.1, 0.15) is 0 Å². The molecule has 1 spiro atoms. The highest BCUT2D eigenvalue weighted by atomic mass is 35.5. The molecular weight excluding hydrogens is 266 g/mol. The van der Waals surface area contributed by atoms with E-state index < -0.39 is 0 Å². The zero-order valence-corrected chi connectivity index (χ0v) is 12.1. The lowest BCUT2D eigenvalue weighted by atomic mass is 9.80. The number of ether oxygens (including phenoxy) is 1. The van der Waals surface area contributed by atoms with Crippen molar-refractivity contribution in [3.8, 4) is 0 Å². The van der Waals surface area contributed by atoms with Crippen LogP contribution >= 0.6 is 22.9 Å². The van der Waals surface area contributed by atoms with Gasteiger partial charge in [-0.2, -0.15) is 0 Å². The van der Waals surface area contributed by atoms with Crippen molar-refractivity contribution < 1.29 is 4.74 Å². The fraction of sp³-hybridized carbons (Fsp3) is 0.714. The summed E-state index contributed by atoms with van der Waals surface area (Å²) in [6, 6.07) is 2.03. The molecule has 18 heavy (non-hydrogen) atoms. The van der Waals surface area contributed by atoms with Gasteiger partial charge in [-0.15, -0.1) is 11.3 Å². The molecule has 2 aliphatic rings. The van der Waals surface area contributed by atoms with E-state index in [4.69, 9.17) is 22.1 Å². The fourth-order valence-corrected chi connectivity index (χ4v) is 4.78. The zero-order chi connectivity index (χ0) is 12.6. The first-order chi connectivity index (χ1) is 8.70.